The van der Waals surface area contributed by atoms with Crippen LogP contribution in [0.25, 0.3) is 0 Å². The van der Waals surface area contributed by atoms with Crippen LogP contribution in [0.4, 0.5) is 18.9 Å². The van der Waals surface area contributed by atoms with Gasteiger partial charge in [0.15, 0.2) is 0 Å². The smallest absolute Gasteiger partial charge is 0.406 e. The standard InChI is InChI=1S/C11H12F3N3O/c1-7-5-10(15)17(16-7)8-3-2-4-9(6-8)18-11(12,13)14/h2-7,16H,15H2,1H3. The van der Waals surface area contributed by atoms with Crippen molar-refractivity contribution in [1.29, 1.82) is 0 Å². The molecule has 1 aliphatic heterocycles. The van der Waals surface area contributed by atoms with Crippen molar-refractivity contribution in [2.75, 3.05) is 5.01 Å². The van der Waals surface area contributed by atoms with Gasteiger partial charge in [-0.25, -0.2) is 5.43 Å². The molecule has 1 heterocycles. The van der Waals surface area contributed by atoms with E-state index in [-0.39, 0.29) is 11.8 Å². The van der Waals surface area contributed by atoms with E-state index in [0.717, 1.165) is 0 Å². The Balaban J connectivity index is 2.20. The highest BCUT2D eigenvalue weighted by Gasteiger charge is 2.31. The van der Waals surface area contributed by atoms with Gasteiger partial charge in [-0.05, 0) is 25.1 Å². The fraction of sp³-hybridized carbons (Fsp3) is 0.273. The maximum Gasteiger partial charge on any atom is 0.573 e. The molecular weight excluding hydrogens is 247 g/mol. The fourth-order valence-electron chi connectivity index (χ4n) is 1.69. The Kier molecular flexibility index (Phi) is 3.08. The SMILES string of the molecule is CC1C=C(N)N(c2cccc(OC(F)(F)F)c2)N1. The summed E-state index contributed by atoms with van der Waals surface area (Å²) in [5, 5.41) is 1.51. The minimum atomic E-state index is -4.70. The van der Waals surface area contributed by atoms with Crippen LogP contribution in [0.2, 0.25) is 0 Å². The second kappa shape index (κ2) is 4.41. The summed E-state index contributed by atoms with van der Waals surface area (Å²) in [5.74, 6) is 0.154. The number of nitrogens with two attached hydrogens (primary N) is 1. The predicted octanol–water partition coefficient (Wildman–Crippen LogP) is 2.10. The van der Waals surface area contributed by atoms with Crippen LogP contribution in [-0.2, 0) is 0 Å². The van der Waals surface area contributed by atoms with Gasteiger partial charge in [0.25, 0.3) is 0 Å². The molecule has 0 amide bonds. The molecule has 2 rings (SSSR count). The zero-order valence-corrected chi connectivity index (χ0v) is 9.53. The fourth-order valence-corrected chi connectivity index (χ4v) is 1.69. The topological polar surface area (TPSA) is 50.5 Å². The summed E-state index contributed by atoms with van der Waals surface area (Å²) in [6.07, 6.45) is -2.94. The van der Waals surface area contributed by atoms with Gasteiger partial charge in [-0.1, -0.05) is 6.07 Å². The lowest BCUT2D eigenvalue weighted by Crippen LogP contribution is -2.37. The second-order valence-electron chi connectivity index (χ2n) is 3.89. The number of hydrogen-bond donors (Lipinski definition) is 2. The van der Waals surface area contributed by atoms with Crippen molar-refractivity contribution in [1.82, 2.24) is 5.43 Å². The maximum atomic E-state index is 12.1. The lowest BCUT2D eigenvalue weighted by atomic mass is 10.3. The van der Waals surface area contributed by atoms with Crippen molar-refractivity contribution in [3.63, 3.8) is 0 Å². The number of nitrogens with zero attached hydrogens (tertiary/aromatic N) is 1. The number of hydrazine groups is 1. The minimum absolute atomic E-state index is 0.0252. The van der Waals surface area contributed by atoms with Gasteiger partial charge >= 0.3 is 6.36 Å². The molecule has 3 N–H and O–H groups in total. The summed E-state index contributed by atoms with van der Waals surface area (Å²) in [7, 11) is 0. The summed E-state index contributed by atoms with van der Waals surface area (Å²) in [6, 6.07) is 5.62. The van der Waals surface area contributed by atoms with Crippen molar-refractivity contribution >= 4 is 5.69 Å². The lowest BCUT2D eigenvalue weighted by molar-refractivity contribution is -0.274. The summed E-state index contributed by atoms with van der Waals surface area (Å²) in [5.41, 5.74) is 9.21. The Bertz CT molecular complexity index is 473. The van der Waals surface area contributed by atoms with Crippen LogP contribution in [-0.4, -0.2) is 12.4 Å². The first-order chi connectivity index (χ1) is 8.35. The van der Waals surface area contributed by atoms with Gasteiger partial charge in [-0.2, -0.15) is 0 Å². The number of benzene rings is 1. The number of alkyl halides is 3. The zero-order chi connectivity index (χ0) is 13.3. The summed E-state index contributed by atoms with van der Waals surface area (Å²) in [4.78, 5) is 0. The Morgan fingerprint density at radius 3 is 2.67 bits per heavy atom. The van der Waals surface area contributed by atoms with Crippen LogP contribution in [0.15, 0.2) is 36.2 Å². The highest BCUT2D eigenvalue weighted by molar-refractivity contribution is 5.55. The van der Waals surface area contributed by atoms with Gasteiger partial charge in [-0.15, -0.1) is 13.2 Å². The normalized spacial score (nSPS) is 19.9. The van der Waals surface area contributed by atoms with Gasteiger partial charge in [0.1, 0.15) is 11.6 Å². The van der Waals surface area contributed by atoms with Crippen LogP contribution in [0, 0.1) is 0 Å². The molecule has 0 aliphatic carbocycles. The number of hydrogen-bond acceptors (Lipinski definition) is 4. The van der Waals surface area contributed by atoms with Crippen molar-refractivity contribution in [3.05, 3.63) is 36.2 Å². The van der Waals surface area contributed by atoms with E-state index in [1.54, 1.807) is 12.1 Å². The van der Waals surface area contributed by atoms with Crippen molar-refractivity contribution in [2.24, 2.45) is 5.73 Å². The number of halogens is 3. The van der Waals surface area contributed by atoms with Gasteiger partial charge in [0.2, 0.25) is 0 Å². The molecule has 1 unspecified atom stereocenters. The first kappa shape index (κ1) is 12.6. The van der Waals surface area contributed by atoms with Crippen molar-refractivity contribution in [2.45, 2.75) is 19.3 Å². The third kappa shape index (κ3) is 2.86. The van der Waals surface area contributed by atoms with E-state index in [2.05, 4.69) is 10.2 Å². The van der Waals surface area contributed by atoms with Gasteiger partial charge in [-0.3, -0.25) is 5.01 Å². The third-order valence-electron chi connectivity index (χ3n) is 2.32. The first-order valence-electron chi connectivity index (χ1n) is 5.24. The number of anilines is 1. The maximum absolute atomic E-state index is 12.1. The zero-order valence-electron chi connectivity index (χ0n) is 9.53. The van der Waals surface area contributed by atoms with E-state index >= 15 is 0 Å². The van der Waals surface area contributed by atoms with Gasteiger partial charge in [0.05, 0.1) is 5.69 Å². The molecule has 1 atom stereocenters. The molecule has 98 valence electrons. The highest BCUT2D eigenvalue weighted by atomic mass is 19.4. The molecule has 0 spiro atoms. The molecule has 7 heteroatoms. The Morgan fingerprint density at radius 2 is 2.11 bits per heavy atom. The molecule has 0 radical (unpaired) electrons. The lowest BCUT2D eigenvalue weighted by Gasteiger charge is -2.21. The van der Waals surface area contributed by atoms with Gasteiger partial charge < -0.3 is 10.5 Å². The van der Waals surface area contributed by atoms with Crippen molar-refractivity contribution in [3.8, 4) is 5.75 Å². The van der Waals surface area contributed by atoms with Crippen LogP contribution in [0.1, 0.15) is 6.92 Å². The van der Waals surface area contributed by atoms with Crippen LogP contribution >= 0.6 is 0 Å². The van der Waals surface area contributed by atoms with E-state index in [1.807, 2.05) is 6.92 Å². The number of nitrogens with one attached hydrogen (secondary N) is 1. The molecule has 1 aliphatic rings. The van der Waals surface area contributed by atoms with Crippen LogP contribution in [0.3, 0.4) is 0 Å². The van der Waals surface area contributed by atoms with E-state index in [9.17, 15) is 13.2 Å². The monoisotopic (exact) mass is 259 g/mol. The molecule has 0 saturated heterocycles. The molecule has 1 aromatic carbocycles. The molecule has 0 saturated carbocycles. The summed E-state index contributed by atoms with van der Waals surface area (Å²) >= 11 is 0. The molecular formula is C11H12F3N3O. The molecule has 0 bridgehead atoms. The van der Waals surface area contributed by atoms with E-state index in [4.69, 9.17) is 5.73 Å². The predicted molar refractivity (Wildman–Crippen MR) is 60.5 cm³/mol. The van der Waals surface area contributed by atoms with E-state index in [0.29, 0.717) is 11.5 Å². The second-order valence-corrected chi connectivity index (χ2v) is 3.89. The Labute approximate surface area is 102 Å². The molecule has 0 aromatic heterocycles. The van der Waals surface area contributed by atoms with Crippen LogP contribution < -0.4 is 20.9 Å². The molecule has 18 heavy (non-hydrogen) atoms. The minimum Gasteiger partial charge on any atom is -0.406 e. The Morgan fingerprint density at radius 1 is 1.39 bits per heavy atom. The van der Waals surface area contributed by atoms with Crippen molar-refractivity contribution < 1.29 is 17.9 Å². The van der Waals surface area contributed by atoms with Crippen LogP contribution in [0.5, 0.6) is 5.75 Å². The number of rotatable bonds is 2. The average Bonchev–Trinajstić information content (AvgIpc) is 2.55. The summed E-state index contributed by atoms with van der Waals surface area (Å²) < 4.78 is 40.2. The Hall–Kier alpha value is -1.89. The van der Waals surface area contributed by atoms with E-state index in [1.165, 1.54) is 23.2 Å². The molecule has 0 fully saturated rings. The third-order valence-corrected chi connectivity index (χ3v) is 2.32. The number of ether oxygens (including phenoxy) is 1. The average molecular weight is 259 g/mol. The largest absolute Gasteiger partial charge is 0.573 e. The molecule has 1 aromatic rings. The molecule has 4 nitrogen and oxygen atoms in total. The highest BCUT2D eigenvalue weighted by Crippen LogP contribution is 2.28. The summed E-state index contributed by atoms with van der Waals surface area (Å²) in [6.45, 7) is 1.88. The van der Waals surface area contributed by atoms with E-state index < -0.39 is 6.36 Å². The van der Waals surface area contributed by atoms with Gasteiger partial charge in [0, 0.05) is 12.1 Å². The quantitative estimate of drug-likeness (QED) is 0.854. The first-order valence-corrected chi connectivity index (χ1v) is 5.24.